The molecule has 0 spiro atoms. The maximum absolute atomic E-state index is 6.07. The summed E-state index contributed by atoms with van der Waals surface area (Å²) >= 11 is 6.07. The van der Waals surface area contributed by atoms with Gasteiger partial charge in [0, 0.05) is 10.6 Å². The molecule has 0 saturated heterocycles. The second-order valence-electron chi connectivity index (χ2n) is 6.31. The zero-order chi connectivity index (χ0) is 15.2. The Bertz CT molecular complexity index is 413. The molecular formula is C16H27ClNO2+. The van der Waals surface area contributed by atoms with Crippen LogP contribution in [0, 0.1) is 0 Å². The van der Waals surface area contributed by atoms with Crippen molar-refractivity contribution in [1.29, 1.82) is 0 Å². The number of hydrogen-bond donors (Lipinski definition) is 1. The molecule has 3 nitrogen and oxygen atoms in total. The number of hydrogen-bond acceptors (Lipinski definition) is 2. The number of ether oxygens (including phenoxy) is 2. The van der Waals surface area contributed by atoms with E-state index in [-0.39, 0.29) is 5.41 Å². The van der Waals surface area contributed by atoms with Gasteiger partial charge in [-0.25, -0.2) is 0 Å². The van der Waals surface area contributed by atoms with Crippen LogP contribution in [0.15, 0.2) is 18.2 Å². The first-order chi connectivity index (χ1) is 9.30. The van der Waals surface area contributed by atoms with Gasteiger partial charge in [0.05, 0.1) is 27.3 Å². The first-order valence-corrected chi connectivity index (χ1v) is 7.48. The van der Waals surface area contributed by atoms with Crippen molar-refractivity contribution in [3.05, 3.63) is 28.8 Å². The fraction of sp³-hybridized carbons (Fsp3) is 0.625. The van der Waals surface area contributed by atoms with Gasteiger partial charge >= 0.3 is 0 Å². The number of rotatable bonds is 7. The van der Waals surface area contributed by atoms with Crippen molar-refractivity contribution >= 4 is 11.6 Å². The minimum Gasteiger partial charge on any atom is -0.491 e. The van der Waals surface area contributed by atoms with Crippen LogP contribution in [0.4, 0.5) is 0 Å². The molecule has 0 radical (unpaired) electrons. The maximum atomic E-state index is 6.07. The summed E-state index contributed by atoms with van der Waals surface area (Å²) < 4.78 is 11.4. The lowest BCUT2D eigenvalue weighted by atomic mass is 9.86. The van der Waals surface area contributed by atoms with E-state index in [9.17, 15) is 0 Å². The van der Waals surface area contributed by atoms with Crippen LogP contribution < -0.4 is 9.64 Å². The standard InChI is InChI=1S/C16H26ClNO2/c1-16(2,3)14-12-13(17)6-7-15(14)20-11-10-19-9-8-18(4)5/h6-7,12H,8-11H2,1-5H3/p+1. The van der Waals surface area contributed by atoms with E-state index in [1.807, 2.05) is 18.2 Å². The largest absolute Gasteiger partial charge is 0.491 e. The Hall–Kier alpha value is -0.770. The zero-order valence-electron chi connectivity index (χ0n) is 13.3. The Morgan fingerprint density at radius 1 is 1.10 bits per heavy atom. The molecule has 1 aromatic carbocycles. The molecule has 0 atom stereocenters. The molecule has 1 rings (SSSR count). The molecule has 1 N–H and O–H groups in total. The fourth-order valence-corrected chi connectivity index (χ4v) is 1.98. The van der Waals surface area contributed by atoms with E-state index in [2.05, 4.69) is 34.9 Å². The molecule has 0 aliphatic heterocycles. The van der Waals surface area contributed by atoms with Gasteiger partial charge in [0.25, 0.3) is 0 Å². The average molecular weight is 301 g/mol. The van der Waals surface area contributed by atoms with Crippen LogP contribution in [-0.4, -0.2) is 40.5 Å². The van der Waals surface area contributed by atoms with Crippen LogP contribution in [0.5, 0.6) is 5.75 Å². The molecule has 0 aliphatic carbocycles. The third-order valence-corrected chi connectivity index (χ3v) is 3.22. The van der Waals surface area contributed by atoms with Crippen molar-refractivity contribution in [1.82, 2.24) is 0 Å². The van der Waals surface area contributed by atoms with Gasteiger partial charge < -0.3 is 14.4 Å². The van der Waals surface area contributed by atoms with Gasteiger partial charge in [-0.05, 0) is 23.6 Å². The van der Waals surface area contributed by atoms with Gasteiger partial charge in [0.1, 0.15) is 18.9 Å². The maximum Gasteiger partial charge on any atom is 0.123 e. The van der Waals surface area contributed by atoms with E-state index in [1.165, 1.54) is 4.90 Å². The number of quaternary nitrogens is 1. The van der Waals surface area contributed by atoms with Gasteiger partial charge in [-0.3, -0.25) is 0 Å². The van der Waals surface area contributed by atoms with Crippen LogP contribution >= 0.6 is 11.6 Å². The number of halogens is 1. The van der Waals surface area contributed by atoms with E-state index >= 15 is 0 Å². The Morgan fingerprint density at radius 2 is 1.80 bits per heavy atom. The van der Waals surface area contributed by atoms with Gasteiger partial charge in [0.2, 0.25) is 0 Å². The normalized spacial score (nSPS) is 11.9. The molecule has 0 amide bonds. The quantitative estimate of drug-likeness (QED) is 0.780. The first-order valence-electron chi connectivity index (χ1n) is 7.10. The highest BCUT2D eigenvalue weighted by molar-refractivity contribution is 6.30. The molecule has 114 valence electrons. The van der Waals surface area contributed by atoms with Crippen molar-refractivity contribution in [2.45, 2.75) is 26.2 Å². The van der Waals surface area contributed by atoms with E-state index in [1.54, 1.807) is 0 Å². The molecule has 0 saturated carbocycles. The minimum atomic E-state index is 0.00930. The predicted octanol–water partition coefficient (Wildman–Crippen LogP) is 2.18. The lowest BCUT2D eigenvalue weighted by Crippen LogP contribution is -3.06. The summed E-state index contributed by atoms with van der Waals surface area (Å²) in [5.74, 6) is 0.892. The third-order valence-electron chi connectivity index (χ3n) is 2.98. The van der Waals surface area contributed by atoms with Crippen LogP contribution in [0.3, 0.4) is 0 Å². The second kappa shape index (κ2) is 7.87. The Kier molecular flexibility index (Phi) is 6.80. The van der Waals surface area contributed by atoms with E-state index in [0.717, 1.165) is 29.5 Å². The van der Waals surface area contributed by atoms with Crippen LogP contribution in [0.1, 0.15) is 26.3 Å². The van der Waals surface area contributed by atoms with E-state index in [0.29, 0.717) is 13.2 Å². The molecule has 0 aromatic heterocycles. The summed E-state index contributed by atoms with van der Waals surface area (Å²) in [5, 5.41) is 0.743. The Morgan fingerprint density at radius 3 is 2.40 bits per heavy atom. The Balaban J connectivity index is 2.48. The second-order valence-corrected chi connectivity index (χ2v) is 6.74. The molecule has 1 aromatic rings. The highest BCUT2D eigenvalue weighted by atomic mass is 35.5. The first kappa shape index (κ1) is 17.3. The van der Waals surface area contributed by atoms with Gasteiger partial charge in [-0.2, -0.15) is 0 Å². The number of benzene rings is 1. The van der Waals surface area contributed by atoms with Crippen molar-refractivity contribution in [3.8, 4) is 5.75 Å². The molecule has 0 heterocycles. The molecule has 0 fully saturated rings. The summed E-state index contributed by atoms with van der Waals surface area (Å²) in [6, 6.07) is 5.78. The molecule has 0 aliphatic rings. The summed E-state index contributed by atoms with van der Waals surface area (Å²) in [5.41, 5.74) is 1.14. The summed E-state index contributed by atoms with van der Waals surface area (Å²) in [6.45, 7) is 9.41. The zero-order valence-corrected chi connectivity index (χ0v) is 14.0. The molecular weight excluding hydrogens is 274 g/mol. The molecule has 20 heavy (non-hydrogen) atoms. The third kappa shape index (κ3) is 6.12. The van der Waals surface area contributed by atoms with E-state index in [4.69, 9.17) is 21.1 Å². The monoisotopic (exact) mass is 300 g/mol. The van der Waals surface area contributed by atoms with Crippen LogP contribution in [0.2, 0.25) is 5.02 Å². The van der Waals surface area contributed by atoms with Crippen LogP contribution in [-0.2, 0) is 10.2 Å². The highest BCUT2D eigenvalue weighted by Crippen LogP contribution is 2.33. The lowest BCUT2D eigenvalue weighted by Gasteiger charge is -2.23. The molecule has 0 bridgehead atoms. The summed E-state index contributed by atoms with van der Waals surface area (Å²) in [7, 11) is 4.23. The van der Waals surface area contributed by atoms with Gasteiger partial charge in [-0.15, -0.1) is 0 Å². The minimum absolute atomic E-state index is 0.00930. The number of likely N-dealkylation sites (N-methyl/N-ethyl adjacent to an activating group) is 1. The smallest absolute Gasteiger partial charge is 0.123 e. The molecule has 4 heteroatoms. The Labute approximate surface area is 127 Å². The van der Waals surface area contributed by atoms with E-state index < -0.39 is 0 Å². The van der Waals surface area contributed by atoms with Crippen molar-refractivity contribution < 1.29 is 14.4 Å². The van der Waals surface area contributed by atoms with Crippen molar-refractivity contribution in [2.75, 3.05) is 40.5 Å². The van der Waals surface area contributed by atoms with Crippen LogP contribution in [0.25, 0.3) is 0 Å². The fourth-order valence-electron chi connectivity index (χ4n) is 1.80. The number of nitrogens with one attached hydrogen (secondary N) is 1. The lowest BCUT2D eigenvalue weighted by molar-refractivity contribution is -0.858. The van der Waals surface area contributed by atoms with Crippen molar-refractivity contribution in [3.63, 3.8) is 0 Å². The summed E-state index contributed by atoms with van der Waals surface area (Å²) in [4.78, 5) is 1.39. The topological polar surface area (TPSA) is 22.9 Å². The predicted molar refractivity (Wildman–Crippen MR) is 84.1 cm³/mol. The molecule has 0 unspecified atom stereocenters. The average Bonchev–Trinajstić information content (AvgIpc) is 2.33. The van der Waals surface area contributed by atoms with Gasteiger partial charge in [0.15, 0.2) is 0 Å². The SMILES string of the molecule is C[NH+](C)CCOCCOc1ccc(Cl)cc1C(C)(C)C. The summed E-state index contributed by atoms with van der Waals surface area (Å²) in [6.07, 6.45) is 0. The van der Waals surface area contributed by atoms with Crippen molar-refractivity contribution in [2.24, 2.45) is 0 Å². The van der Waals surface area contributed by atoms with Gasteiger partial charge in [-0.1, -0.05) is 32.4 Å². The highest BCUT2D eigenvalue weighted by Gasteiger charge is 2.19.